The second-order valence-corrected chi connectivity index (χ2v) is 5.24. The van der Waals surface area contributed by atoms with Crippen molar-refractivity contribution in [3.05, 3.63) is 0 Å². The van der Waals surface area contributed by atoms with Crippen LogP contribution >= 0.6 is 0 Å². The van der Waals surface area contributed by atoms with Gasteiger partial charge in [-0.1, -0.05) is 0 Å². The van der Waals surface area contributed by atoms with E-state index >= 15 is 0 Å². The molecule has 1 saturated heterocycles. The van der Waals surface area contributed by atoms with E-state index in [1.165, 1.54) is 32.2 Å². The number of hydrogen-bond donors (Lipinski definition) is 1. The molecule has 0 spiro atoms. The van der Waals surface area contributed by atoms with E-state index in [2.05, 4.69) is 18.7 Å². The molecular weight excluding hydrogens is 160 g/mol. The molecule has 2 nitrogen and oxygen atoms in total. The highest BCUT2D eigenvalue weighted by Gasteiger charge is 2.40. The van der Waals surface area contributed by atoms with Crippen LogP contribution in [0.4, 0.5) is 0 Å². The quantitative estimate of drug-likeness (QED) is 0.718. The van der Waals surface area contributed by atoms with Gasteiger partial charge in [-0.3, -0.25) is 4.90 Å². The first-order valence-electron chi connectivity index (χ1n) is 5.62. The Balaban J connectivity index is 1.88. The Morgan fingerprint density at radius 3 is 2.54 bits per heavy atom. The van der Waals surface area contributed by atoms with Crippen LogP contribution in [-0.4, -0.2) is 29.6 Å². The normalized spacial score (nSPS) is 34.8. The predicted octanol–water partition coefficient (Wildman–Crippen LogP) is 1.60. The summed E-state index contributed by atoms with van der Waals surface area (Å²) in [5, 5.41) is 0. The van der Waals surface area contributed by atoms with E-state index in [-0.39, 0.29) is 5.54 Å². The molecule has 2 unspecified atom stereocenters. The molecule has 13 heavy (non-hydrogen) atoms. The minimum atomic E-state index is 0.0819. The van der Waals surface area contributed by atoms with Crippen LogP contribution in [0.2, 0.25) is 0 Å². The summed E-state index contributed by atoms with van der Waals surface area (Å²) in [5.74, 6) is 0.806. The molecule has 2 fully saturated rings. The van der Waals surface area contributed by atoms with Crippen LogP contribution in [0.1, 0.15) is 39.5 Å². The van der Waals surface area contributed by atoms with Crippen molar-refractivity contribution in [3.8, 4) is 0 Å². The molecule has 76 valence electrons. The summed E-state index contributed by atoms with van der Waals surface area (Å²) < 4.78 is 0. The molecule has 1 aliphatic carbocycles. The number of nitrogens with zero attached hydrogens (tertiary/aromatic N) is 1. The van der Waals surface area contributed by atoms with Gasteiger partial charge in [0.05, 0.1) is 0 Å². The molecule has 0 aromatic carbocycles. The van der Waals surface area contributed by atoms with Gasteiger partial charge < -0.3 is 5.73 Å². The fraction of sp³-hybridized carbons (Fsp3) is 1.00. The maximum absolute atomic E-state index is 6.32. The summed E-state index contributed by atoms with van der Waals surface area (Å²) in [4.78, 5) is 2.57. The second-order valence-electron chi connectivity index (χ2n) is 5.24. The average molecular weight is 182 g/mol. The third kappa shape index (κ3) is 2.05. The van der Waals surface area contributed by atoms with Crippen molar-refractivity contribution in [2.75, 3.05) is 13.1 Å². The topological polar surface area (TPSA) is 29.3 Å². The van der Waals surface area contributed by atoms with E-state index in [1.54, 1.807) is 0 Å². The molecule has 0 aromatic heterocycles. The smallest absolute Gasteiger partial charge is 0.0283 e. The highest BCUT2D eigenvalue weighted by Crippen LogP contribution is 2.39. The van der Waals surface area contributed by atoms with Gasteiger partial charge >= 0.3 is 0 Å². The number of nitrogens with two attached hydrogens (primary N) is 1. The summed E-state index contributed by atoms with van der Waals surface area (Å²) in [5.41, 5.74) is 6.40. The largest absolute Gasteiger partial charge is 0.324 e. The fourth-order valence-electron chi connectivity index (χ4n) is 2.54. The van der Waals surface area contributed by atoms with E-state index in [4.69, 9.17) is 5.73 Å². The molecule has 2 heteroatoms. The summed E-state index contributed by atoms with van der Waals surface area (Å²) in [7, 11) is 0. The Morgan fingerprint density at radius 2 is 2.08 bits per heavy atom. The number of rotatable bonds is 3. The molecule has 1 aliphatic heterocycles. The van der Waals surface area contributed by atoms with Gasteiger partial charge in [-0.2, -0.15) is 0 Å². The van der Waals surface area contributed by atoms with Crippen molar-refractivity contribution in [2.24, 2.45) is 11.7 Å². The molecule has 0 amide bonds. The lowest BCUT2D eigenvalue weighted by atomic mass is 9.96. The Morgan fingerprint density at radius 1 is 1.38 bits per heavy atom. The van der Waals surface area contributed by atoms with Gasteiger partial charge in [0.2, 0.25) is 0 Å². The molecule has 2 aliphatic rings. The highest BCUT2D eigenvalue weighted by atomic mass is 15.2. The zero-order chi connectivity index (χ0) is 9.47. The van der Waals surface area contributed by atoms with E-state index in [0.29, 0.717) is 0 Å². The molecule has 0 radical (unpaired) electrons. The molecule has 2 rings (SSSR count). The van der Waals surface area contributed by atoms with Gasteiger partial charge in [0.25, 0.3) is 0 Å². The van der Waals surface area contributed by atoms with Gasteiger partial charge in [-0.25, -0.2) is 0 Å². The van der Waals surface area contributed by atoms with Gasteiger partial charge in [-0.05, 0) is 52.0 Å². The summed E-state index contributed by atoms with van der Waals surface area (Å²) in [6.07, 6.45) is 5.44. The Bertz CT molecular complexity index is 185. The molecule has 1 heterocycles. The van der Waals surface area contributed by atoms with Crippen LogP contribution in [0.15, 0.2) is 0 Å². The molecule has 1 saturated carbocycles. The van der Waals surface area contributed by atoms with Gasteiger partial charge in [0.15, 0.2) is 0 Å². The van der Waals surface area contributed by atoms with Crippen LogP contribution in [-0.2, 0) is 0 Å². The predicted molar refractivity (Wildman–Crippen MR) is 55.6 cm³/mol. The van der Waals surface area contributed by atoms with Crippen LogP contribution in [0.3, 0.4) is 0 Å². The highest BCUT2D eigenvalue weighted by molar-refractivity contribution is 4.98. The van der Waals surface area contributed by atoms with Crippen LogP contribution in [0, 0.1) is 5.92 Å². The average Bonchev–Trinajstić information content (AvgIpc) is 2.80. The molecule has 2 N–H and O–H groups in total. The van der Waals surface area contributed by atoms with Gasteiger partial charge in [0.1, 0.15) is 0 Å². The SMILES string of the molecule is CC1CCCN1CC(C)(N)C1CC1. The molecule has 0 aromatic rings. The third-order valence-electron chi connectivity index (χ3n) is 3.74. The van der Waals surface area contributed by atoms with Crippen molar-refractivity contribution in [1.82, 2.24) is 4.90 Å². The maximum Gasteiger partial charge on any atom is 0.0283 e. The first-order valence-corrected chi connectivity index (χ1v) is 5.62. The van der Waals surface area contributed by atoms with Crippen molar-refractivity contribution < 1.29 is 0 Å². The maximum atomic E-state index is 6.32. The standard InChI is InChI=1S/C11H22N2/c1-9-4-3-7-13(9)8-11(2,12)10-5-6-10/h9-10H,3-8,12H2,1-2H3. The first-order chi connectivity index (χ1) is 6.09. The lowest BCUT2D eigenvalue weighted by Crippen LogP contribution is -2.50. The van der Waals surface area contributed by atoms with Crippen LogP contribution < -0.4 is 5.73 Å². The Kier molecular flexibility index (Phi) is 2.37. The Labute approximate surface area is 81.5 Å². The van der Waals surface area contributed by atoms with Gasteiger partial charge in [0, 0.05) is 18.1 Å². The van der Waals surface area contributed by atoms with Crippen molar-refractivity contribution >= 4 is 0 Å². The summed E-state index contributed by atoms with van der Waals surface area (Å²) >= 11 is 0. The summed E-state index contributed by atoms with van der Waals surface area (Å²) in [6.45, 7) is 6.94. The monoisotopic (exact) mass is 182 g/mol. The third-order valence-corrected chi connectivity index (χ3v) is 3.74. The second kappa shape index (κ2) is 3.25. The zero-order valence-corrected chi connectivity index (χ0v) is 8.92. The molecule has 0 bridgehead atoms. The van der Waals surface area contributed by atoms with E-state index in [0.717, 1.165) is 18.5 Å². The Hall–Kier alpha value is -0.0800. The van der Waals surface area contributed by atoms with Crippen molar-refractivity contribution in [1.29, 1.82) is 0 Å². The van der Waals surface area contributed by atoms with Crippen molar-refractivity contribution in [2.45, 2.75) is 51.1 Å². The zero-order valence-electron chi connectivity index (χ0n) is 8.92. The van der Waals surface area contributed by atoms with Crippen LogP contribution in [0.5, 0.6) is 0 Å². The number of likely N-dealkylation sites (tertiary alicyclic amines) is 1. The minimum absolute atomic E-state index is 0.0819. The van der Waals surface area contributed by atoms with E-state index < -0.39 is 0 Å². The first kappa shape index (κ1) is 9.47. The molecule has 2 atom stereocenters. The summed E-state index contributed by atoms with van der Waals surface area (Å²) in [6, 6.07) is 0.765. The fourth-order valence-corrected chi connectivity index (χ4v) is 2.54. The van der Waals surface area contributed by atoms with E-state index in [9.17, 15) is 0 Å². The van der Waals surface area contributed by atoms with Gasteiger partial charge in [-0.15, -0.1) is 0 Å². The van der Waals surface area contributed by atoms with Crippen molar-refractivity contribution in [3.63, 3.8) is 0 Å². The minimum Gasteiger partial charge on any atom is -0.324 e. The lowest BCUT2D eigenvalue weighted by Gasteiger charge is -2.32. The van der Waals surface area contributed by atoms with Crippen LogP contribution in [0.25, 0.3) is 0 Å². The number of hydrogen-bond acceptors (Lipinski definition) is 2. The molecular formula is C11H22N2. The van der Waals surface area contributed by atoms with E-state index in [1.807, 2.05) is 0 Å². The lowest BCUT2D eigenvalue weighted by molar-refractivity contribution is 0.197.